The Balaban J connectivity index is 1.20. The summed E-state index contributed by atoms with van der Waals surface area (Å²) < 4.78 is 27.0. The highest BCUT2D eigenvalue weighted by Crippen LogP contribution is 2.20. The van der Waals surface area contributed by atoms with Gasteiger partial charge in [-0.15, -0.1) is 10.2 Å². The number of nitrogens with zero attached hydrogens (tertiary/aromatic N) is 5. The minimum Gasteiger partial charge on any atom is -0.352 e. The highest BCUT2D eigenvalue weighted by molar-refractivity contribution is 5.96. The van der Waals surface area contributed by atoms with Gasteiger partial charge >= 0.3 is 0 Å². The van der Waals surface area contributed by atoms with Crippen LogP contribution in [0.4, 0.5) is 14.6 Å². The number of rotatable bonds is 8. The van der Waals surface area contributed by atoms with Crippen LogP contribution in [0.15, 0.2) is 91.0 Å². The topological polar surface area (TPSA) is 69.6 Å². The van der Waals surface area contributed by atoms with Crippen LogP contribution in [0.2, 0.25) is 0 Å². The smallest absolute Gasteiger partial charge is 0.254 e. The summed E-state index contributed by atoms with van der Waals surface area (Å²) in [4.78, 5) is 31.8. The van der Waals surface area contributed by atoms with Crippen molar-refractivity contribution in [1.82, 2.24) is 20.0 Å². The zero-order valence-electron chi connectivity index (χ0n) is 21.9. The first-order valence-corrected chi connectivity index (χ1v) is 13.2. The second-order valence-corrected chi connectivity index (χ2v) is 9.62. The van der Waals surface area contributed by atoms with Crippen LogP contribution >= 0.6 is 0 Å². The van der Waals surface area contributed by atoms with Crippen molar-refractivity contribution in [3.05, 3.63) is 114 Å². The van der Waals surface area contributed by atoms with Crippen molar-refractivity contribution in [3.63, 3.8) is 0 Å². The average molecular weight is 542 g/mol. The Morgan fingerprint density at radius 2 is 1.52 bits per heavy atom. The molecule has 0 saturated carbocycles. The quantitative estimate of drug-likeness (QED) is 0.330. The van der Waals surface area contributed by atoms with Gasteiger partial charge in [0.15, 0.2) is 5.82 Å². The van der Waals surface area contributed by atoms with Crippen LogP contribution in [0.1, 0.15) is 15.9 Å². The fraction of sp³-hybridized carbons (Fsp3) is 0.226. The molecule has 9 heteroatoms. The highest BCUT2D eigenvalue weighted by Gasteiger charge is 2.26. The number of aromatic nitrogens is 2. The normalized spacial score (nSPS) is 13.2. The third-order valence-electron chi connectivity index (χ3n) is 6.94. The molecule has 0 radical (unpaired) electrons. The largest absolute Gasteiger partial charge is 0.352 e. The van der Waals surface area contributed by atoms with Crippen LogP contribution in [0.5, 0.6) is 0 Å². The molecule has 1 aromatic heterocycles. The molecule has 2 heterocycles. The fourth-order valence-corrected chi connectivity index (χ4v) is 4.68. The van der Waals surface area contributed by atoms with Crippen molar-refractivity contribution >= 4 is 17.6 Å². The summed E-state index contributed by atoms with van der Waals surface area (Å²) in [5.74, 6) is -0.638. The van der Waals surface area contributed by atoms with Crippen LogP contribution in [0.3, 0.4) is 0 Å². The van der Waals surface area contributed by atoms with E-state index in [0.29, 0.717) is 50.7 Å². The molecule has 5 rings (SSSR count). The molecule has 4 aromatic rings. The van der Waals surface area contributed by atoms with Gasteiger partial charge in [-0.1, -0.05) is 36.4 Å². The summed E-state index contributed by atoms with van der Waals surface area (Å²) in [6.07, 6.45) is 0.579. The minimum atomic E-state index is -0.495. The van der Waals surface area contributed by atoms with Crippen molar-refractivity contribution in [2.45, 2.75) is 6.42 Å². The van der Waals surface area contributed by atoms with Crippen LogP contribution in [-0.4, -0.2) is 71.1 Å². The van der Waals surface area contributed by atoms with Crippen LogP contribution < -0.4 is 4.90 Å². The number of piperazine rings is 1. The number of halogens is 2. The van der Waals surface area contributed by atoms with E-state index in [0.717, 1.165) is 11.1 Å². The van der Waals surface area contributed by atoms with E-state index >= 15 is 0 Å². The van der Waals surface area contributed by atoms with E-state index in [9.17, 15) is 18.4 Å². The minimum absolute atomic E-state index is 0.0889. The summed E-state index contributed by atoms with van der Waals surface area (Å²) in [5, 5.41) is 8.61. The molecular formula is C31H29F2N5O2. The van der Waals surface area contributed by atoms with E-state index in [2.05, 4.69) is 15.1 Å². The summed E-state index contributed by atoms with van der Waals surface area (Å²) in [6.45, 7) is 2.33. The Labute approximate surface area is 231 Å². The monoisotopic (exact) mass is 541 g/mol. The Morgan fingerprint density at radius 3 is 2.20 bits per heavy atom. The van der Waals surface area contributed by atoms with E-state index in [-0.39, 0.29) is 29.7 Å². The molecule has 7 nitrogen and oxygen atoms in total. The molecule has 0 atom stereocenters. The van der Waals surface area contributed by atoms with E-state index in [4.69, 9.17) is 0 Å². The zero-order valence-corrected chi connectivity index (χ0v) is 21.9. The molecule has 0 bridgehead atoms. The van der Waals surface area contributed by atoms with Gasteiger partial charge in [0.1, 0.15) is 18.2 Å². The molecule has 0 unspecified atom stereocenters. The second kappa shape index (κ2) is 12.5. The molecule has 2 amide bonds. The molecule has 0 aliphatic carbocycles. The maximum Gasteiger partial charge on any atom is 0.254 e. The van der Waals surface area contributed by atoms with Gasteiger partial charge < -0.3 is 14.7 Å². The van der Waals surface area contributed by atoms with Gasteiger partial charge in [0.05, 0.1) is 5.69 Å². The molecule has 0 N–H and O–H groups in total. The summed E-state index contributed by atoms with van der Waals surface area (Å²) in [5.41, 5.74) is 2.69. The van der Waals surface area contributed by atoms with Gasteiger partial charge in [-0.2, -0.15) is 0 Å². The summed E-state index contributed by atoms with van der Waals surface area (Å²) >= 11 is 0. The number of carbonyl (C=O) groups is 2. The van der Waals surface area contributed by atoms with E-state index in [1.807, 2.05) is 42.5 Å². The number of anilines is 1. The Morgan fingerprint density at radius 1 is 0.775 bits per heavy atom. The van der Waals surface area contributed by atoms with Crippen molar-refractivity contribution < 1.29 is 18.4 Å². The number of hydrogen-bond donors (Lipinski definition) is 0. The lowest BCUT2D eigenvalue weighted by Gasteiger charge is -2.36. The van der Waals surface area contributed by atoms with Crippen LogP contribution in [0.25, 0.3) is 11.3 Å². The maximum absolute atomic E-state index is 13.8. The third-order valence-corrected chi connectivity index (χ3v) is 6.94. The number of benzene rings is 3. The van der Waals surface area contributed by atoms with Gasteiger partial charge in [0.25, 0.3) is 5.91 Å². The number of hydrogen-bond acceptors (Lipinski definition) is 5. The first-order valence-electron chi connectivity index (χ1n) is 13.2. The lowest BCUT2D eigenvalue weighted by atomic mass is 10.1. The third kappa shape index (κ3) is 6.66. The molecule has 3 aromatic carbocycles. The average Bonchev–Trinajstić information content (AvgIpc) is 3.00. The maximum atomic E-state index is 13.8. The standard InChI is InChI=1S/C31H29F2N5O2/c32-26-11-9-24(10-12-26)28-13-14-29(35-34-28)36-17-19-37(20-18-36)30(39)22-38(16-15-23-5-2-1-3-6-23)31(40)25-7-4-8-27(33)21-25/h1-14,21H,15-20,22H2. The van der Waals surface area contributed by atoms with E-state index in [1.165, 1.54) is 35.2 Å². The second-order valence-electron chi connectivity index (χ2n) is 9.62. The molecule has 1 aliphatic rings. The first kappa shape index (κ1) is 26.9. The van der Waals surface area contributed by atoms with Crippen LogP contribution in [-0.2, 0) is 11.2 Å². The first-order chi connectivity index (χ1) is 19.5. The Bertz CT molecular complexity index is 1440. The molecule has 0 spiro atoms. The molecule has 204 valence electrons. The SMILES string of the molecule is O=C(CN(CCc1ccccc1)C(=O)c1cccc(F)c1)N1CCN(c2ccc(-c3ccc(F)cc3)nn2)CC1. The van der Waals surface area contributed by atoms with Gasteiger partial charge in [-0.25, -0.2) is 8.78 Å². The summed E-state index contributed by atoms with van der Waals surface area (Å²) in [6, 6.07) is 25.1. The van der Waals surface area contributed by atoms with Gasteiger partial charge in [0.2, 0.25) is 5.91 Å². The predicted molar refractivity (Wildman–Crippen MR) is 149 cm³/mol. The van der Waals surface area contributed by atoms with E-state index in [1.54, 1.807) is 23.1 Å². The molecule has 1 saturated heterocycles. The molecule has 40 heavy (non-hydrogen) atoms. The van der Waals surface area contributed by atoms with Crippen molar-refractivity contribution in [2.24, 2.45) is 0 Å². The molecular weight excluding hydrogens is 512 g/mol. The van der Waals surface area contributed by atoms with Crippen molar-refractivity contribution in [1.29, 1.82) is 0 Å². The highest BCUT2D eigenvalue weighted by atomic mass is 19.1. The molecule has 1 fully saturated rings. The van der Waals surface area contributed by atoms with Crippen LogP contribution in [0, 0.1) is 11.6 Å². The number of amides is 2. The van der Waals surface area contributed by atoms with Crippen molar-refractivity contribution in [2.75, 3.05) is 44.2 Å². The van der Waals surface area contributed by atoms with Crippen molar-refractivity contribution in [3.8, 4) is 11.3 Å². The fourth-order valence-electron chi connectivity index (χ4n) is 4.68. The van der Waals surface area contributed by atoms with Gasteiger partial charge in [-0.05, 0) is 66.6 Å². The zero-order chi connectivity index (χ0) is 27.9. The lowest BCUT2D eigenvalue weighted by molar-refractivity contribution is -0.132. The number of carbonyl (C=O) groups excluding carboxylic acids is 2. The Kier molecular flexibility index (Phi) is 8.39. The predicted octanol–water partition coefficient (Wildman–Crippen LogP) is 4.46. The lowest BCUT2D eigenvalue weighted by Crippen LogP contribution is -2.52. The van der Waals surface area contributed by atoms with Gasteiger partial charge in [-0.3, -0.25) is 9.59 Å². The van der Waals surface area contributed by atoms with E-state index < -0.39 is 5.82 Å². The van der Waals surface area contributed by atoms with Gasteiger partial charge in [0, 0.05) is 43.9 Å². The Hall–Kier alpha value is -4.66. The molecule has 1 aliphatic heterocycles. The summed E-state index contributed by atoms with van der Waals surface area (Å²) in [7, 11) is 0.